The molecule has 4 aromatic heterocycles. The van der Waals surface area contributed by atoms with Gasteiger partial charge in [0.05, 0.1) is 22.8 Å². The van der Waals surface area contributed by atoms with Gasteiger partial charge < -0.3 is 19.5 Å². The summed E-state index contributed by atoms with van der Waals surface area (Å²) in [7, 11) is 2.01. The summed E-state index contributed by atoms with van der Waals surface area (Å²) in [5.74, 6) is 5.73. The molecule has 11 nitrogen and oxygen atoms in total. The second kappa shape index (κ2) is 13.4. The third-order valence-corrected chi connectivity index (χ3v) is 8.51. The molecule has 6 rings (SSSR count). The largest absolute Gasteiger partial charge is 0.438 e. The lowest BCUT2D eigenvalue weighted by atomic mass is 10.1. The number of carbonyl (C=O) groups excluding carboxylic acids is 2. The van der Waals surface area contributed by atoms with E-state index in [0.717, 1.165) is 34.6 Å². The van der Waals surface area contributed by atoms with Crippen molar-refractivity contribution >= 4 is 40.6 Å². The van der Waals surface area contributed by atoms with Crippen LogP contribution in [0.3, 0.4) is 0 Å². The number of carbonyl (C=O) groups is 2. The molecule has 228 valence electrons. The Morgan fingerprint density at radius 2 is 1.80 bits per heavy atom. The van der Waals surface area contributed by atoms with E-state index in [1.54, 1.807) is 23.1 Å². The lowest BCUT2D eigenvalue weighted by molar-refractivity contribution is -0.133. The summed E-state index contributed by atoms with van der Waals surface area (Å²) < 4.78 is 8.43. The summed E-state index contributed by atoms with van der Waals surface area (Å²) >= 11 is 7.52. The monoisotopic (exact) mass is 641 g/mol. The van der Waals surface area contributed by atoms with Gasteiger partial charge in [0.2, 0.25) is 11.7 Å². The molecule has 45 heavy (non-hydrogen) atoms. The molecule has 1 N–H and O–H groups in total. The zero-order chi connectivity index (χ0) is 31.3. The normalized spacial score (nSPS) is 13.3. The number of halogens is 1. The van der Waals surface area contributed by atoms with Crippen LogP contribution >= 0.6 is 22.9 Å². The number of pyridine rings is 1. The number of nitrogens with zero attached hydrogens (tertiary/aromatic N) is 6. The van der Waals surface area contributed by atoms with Gasteiger partial charge in [0.25, 0.3) is 5.56 Å². The highest BCUT2D eigenvalue weighted by Crippen LogP contribution is 2.26. The van der Waals surface area contributed by atoms with Gasteiger partial charge in [0.15, 0.2) is 6.39 Å². The lowest BCUT2D eigenvalue weighted by Crippen LogP contribution is -2.48. The number of nitrogens with one attached hydrogen (secondary N) is 1. The molecule has 0 spiro atoms. The Hall–Kier alpha value is -4.96. The van der Waals surface area contributed by atoms with Crippen molar-refractivity contribution in [3.63, 3.8) is 0 Å². The SMILES string of the molecule is CN1CCN(C(=O)Cn2c(-c3cc(NCc4ccc(Cl)s4)n(C(=O)c4cnco4)n3)cc(C#Cc3ccccc3)cc2=O)CC1. The molecule has 1 aliphatic heterocycles. The Kier molecular flexibility index (Phi) is 8.93. The molecular formula is C32H28ClN7O4S. The summed E-state index contributed by atoms with van der Waals surface area (Å²) in [5, 5.41) is 7.84. The van der Waals surface area contributed by atoms with Crippen LogP contribution in [0, 0.1) is 11.8 Å². The predicted molar refractivity (Wildman–Crippen MR) is 171 cm³/mol. The Labute approximate surface area is 267 Å². The molecule has 0 aliphatic carbocycles. The minimum absolute atomic E-state index is 0.0167. The first kappa shape index (κ1) is 30.1. The van der Waals surface area contributed by atoms with E-state index in [1.807, 2.05) is 43.4 Å². The number of benzene rings is 1. The zero-order valence-corrected chi connectivity index (χ0v) is 25.8. The number of thiophene rings is 1. The lowest BCUT2D eigenvalue weighted by Gasteiger charge is -2.32. The fourth-order valence-electron chi connectivity index (χ4n) is 4.84. The van der Waals surface area contributed by atoms with Crippen LogP contribution in [0.25, 0.3) is 11.4 Å². The second-order valence-electron chi connectivity index (χ2n) is 10.4. The molecule has 1 aromatic carbocycles. The first-order chi connectivity index (χ1) is 21.8. The van der Waals surface area contributed by atoms with Crippen molar-refractivity contribution in [1.29, 1.82) is 0 Å². The summed E-state index contributed by atoms with van der Waals surface area (Å²) in [6.45, 7) is 2.82. The fourth-order valence-corrected chi connectivity index (χ4v) is 5.87. The molecule has 1 amide bonds. The van der Waals surface area contributed by atoms with Gasteiger partial charge in [-0.3, -0.25) is 19.0 Å². The van der Waals surface area contributed by atoms with Gasteiger partial charge >= 0.3 is 5.91 Å². The van der Waals surface area contributed by atoms with E-state index in [1.165, 1.54) is 28.2 Å². The van der Waals surface area contributed by atoms with E-state index < -0.39 is 11.5 Å². The van der Waals surface area contributed by atoms with Crippen molar-refractivity contribution in [2.24, 2.45) is 0 Å². The van der Waals surface area contributed by atoms with Gasteiger partial charge in [-0.2, -0.15) is 9.78 Å². The first-order valence-electron chi connectivity index (χ1n) is 14.1. The summed E-state index contributed by atoms with van der Waals surface area (Å²) in [6.07, 6.45) is 2.46. The van der Waals surface area contributed by atoms with Crippen molar-refractivity contribution in [3.8, 4) is 23.2 Å². The Morgan fingerprint density at radius 3 is 2.51 bits per heavy atom. The van der Waals surface area contributed by atoms with Crippen LogP contribution in [0.15, 0.2) is 82.5 Å². The van der Waals surface area contributed by atoms with Crippen molar-refractivity contribution in [3.05, 3.63) is 110 Å². The number of rotatable bonds is 7. The molecule has 1 saturated heterocycles. The molecule has 13 heteroatoms. The molecule has 5 aromatic rings. The number of aromatic nitrogens is 4. The number of likely N-dealkylation sites (N-methyl/N-ethyl adjacent to an activating group) is 1. The number of amides is 1. The average Bonchev–Trinajstić information content (AvgIpc) is 3.82. The van der Waals surface area contributed by atoms with Crippen LogP contribution in [0.1, 0.15) is 26.6 Å². The molecule has 1 aliphatic rings. The molecule has 1 fully saturated rings. The Morgan fingerprint density at radius 1 is 1.02 bits per heavy atom. The zero-order valence-electron chi connectivity index (χ0n) is 24.3. The van der Waals surface area contributed by atoms with Gasteiger partial charge in [-0.25, -0.2) is 4.98 Å². The standard InChI is InChI=1S/C32H28ClN7O4S/c1-37-11-13-38(14-12-37)31(42)20-39-26(15-23(16-30(39)41)8-7-22-5-3-2-4-6-22)25-17-29(35-18-24-9-10-28(33)45-24)40(36-25)32(43)27-19-34-21-44-27/h2-6,9-10,15-17,19,21,35H,11-14,18,20H2,1H3. The predicted octanol–water partition coefficient (Wildman–Crippen LogP) is 3.89. The molecule has 0 saturated carbocycles. The highest BCUT2D eigenvalue weighted by Gasteiger charge is 2.24. The van der Waals surface area contributed by atoms with E-state index in [0.29, 0.717) is 46.7 Å². The molecule has 5 heterocycles. The third-order valence-electron chi connectivity index (χ3n) is 7.28. The number of anilines is 1. The van der Waals surface area contributed by atoms with Crippen LogP contribution in [0.5, 0.6) is 0 Å². The first-order valence-corrected chi connectivity index (χ1v) is 15.3. The highest BCUT2D eigenvalue weighted by atomic mass is 35.5. The minimum atomic E-state index is -0.562. The summed E-state index contributed by atoms with van der Waals surface area (Å²) in [6, 6.07) is 17.9. The van der Waals surface area contributed by atoms with Crippen LogP contribution in [-0.4, -0.2) is 74.2 Å². The fraction of sp³-hybridized carbons (Fsp3) is 0.219. The van der Waals surface area contributed by atoms with E-state index >= 15 is 0 Å². The minimum Gasteiger partial charge on any atom is -0.438 e. The highest BCUT2D eigenvalue weighted by molar-refractivity contribution is 7.16. The topological polar surface area (TPSA) is 118 Å². The second-order valence-corrected chi connectivity index (χ2v) is 12.2. The van der Waals surface area contributed by atoms with Crippen molar-refractivity contribution in [2.75, 3.05) is 38.5 Å². The summed E-state index contributed by atoms with van der Waals surface area (Å²) in [4.78, 5) is 49.1. The van der Waals surface area contributed by atoms with Crippen molar-refractivity contribution < 1.29 is 14.0 Å². The van der Waals surface area contributed by atoms with Gasteiger partial charge in [0.1, 0.15) is 18.1 Å². The van der Waals surface area contributed by atoms with Crippen LogP contribution < -0.4 is 10.9 Å². The maximum atomic E-state index is 13.6. The van der Waals surface area contributed by atoms with E-state index in [4.69, 9.17) is 16.0 Å². The van der Waals surface area contributed by atoms with Gasteiger partial charge in [-0.15, -0.1) is 11.3 Å². The van der Waals surface area contributed by atoms with E-state index in [2.05, 4.69) is 32.1 Å². The molecular weight excluding hydrogens is 614 g/mol. The number of hydrogen-bond acceptors (Lipinski definition) is 9. The molecule has 0 radical (unpaired) electrons. The number of oxazole rings is 1. The Bertz CT molecular complexity index is 1950. The van der Waals surface area contributed by atoms with E-state index in [-0.39, 0.29) is 18.2 Å². The third kappa shape index (κ3) is 7.07. The quantitative estimate of drug-likeness (QED) is 0.266. The van der Waals surface area contributed by atoms with Crippen LogP contribution in [-0.2, 0) is 17.9 Å². The van der Waals surface area contributed by atoms with Crippen molar-refractivity contribution in [1.82, 2.24) is 29.1 Å². The average molecular weight is 642 g/mol. The maximum absolute atomic E-state index is 13.6. The molecule has 0 bridgehead atoms. The van der Waals surface area contributed by atoms with Crippen molar-refractivity contribution in [2.45, 2.75) is 13.1 Å². The van der Waals surface area contributed by atoms with E-state index in [9.17, 15) is 14.4 Å². The molecule has 0 unspecified atom stereocenters. The Balaban J connectivity index is 1.42. The molecule has 0 atom stereocenters. The smallest absolute Gasteiger partial charge is 0.317 e. The van der Waals surface area contributed by atoms with Gasteiger partial charge in [0, 0.05) is 54.3 Å². The van der Waals surface area contributed by atoms with Crippen LogP contribution in [0.4, 0.5) is 5.82 Å². The summed E-state index contributed by atoms with van der Waals surface area (Å²) in [5.41, 5.74) is 1.46. The van der Waals surface area contributed by atoms with Gasteiger partial charge in [-0.1, -0.05) is 41.6 Å². The number of hydrogen-bond donors (Lipinski definition) is 1. The number of piperazine rings is 1. The van der Waals surface area contributed by atoms with Crippen LogP contribution in [0.2, 0.25) is 4.34 Å². The maximum Gasteiger partial charge on any atom is 0.317 e. The van der Waals surface area contributed by atoms with Gasteiger partial charge in [-0.05, 0) is 37.4 Å².